The molecule has 3 heteroatoms. The van der Waals surface area contributed by atoms with E-state index < -0.39 is 11.0 Å². The topological polar surface area (TPSA) is 46.5 Å². The number of carbonyl (C=O) groups is 1. The van der Waals surface area contributed by atoms with E-state index in [-0.39, 0.29) is 18.0 Å². The van der Waals surface area contributed by atoms with Gasteiger partial charge in [0.05, 0.1) is 11.0 Å². The molecule has 0 amide bonds. The van der Waals surface area contributed by atoms with E-state index in [4.69, 9.17) is 4.74 Å². The molecule has 1 N–H and O–H groups in total. The van der Waals surface area contributed by atoms with Crippen molar-refractivity contribution in [2.75, 3.05) is 0 Å². The van der Waals surface area contributed by atoms with Gasteiger partial charge < -0.3 is 9.84 Å². The summed E-state index contributed by atoms with van der Waals surface area (Å²) in [4.78, 5) is 12.0. The second-order valence-electron chi connectivity index (χ2n) is 6.37. The molecule has 1 fully saturated rings. The number of aliphatic hydroxyl groups is 1. The van der Waals surface area contributed by atoms with Crippen molar-refractivity contribution in [2.24, 2.45) is 11.3 Å². The summed E-state index contributed by atoms with van der Waals surface area (Å²) in [6, 6.07) is 0. The Morgan fingerprint density at radius 3 is 2.35 bits per heavy atom. The van der Waals surface area contributed by atoms with Crippen molar-refractivity contribution >= 4 is 5.97 Å². The normalized spacial score (nSPS) is 26.0. The fourth-order valence-electron chi connectivity index (χ4n) is 2.32. The van der Waals surface area contributed by atoms with Crippen molar-refractivity contribution in [3.63, 3.8) is 0 Å². The first-order valence-corrected chi connectivity index (χ1v) is 6.62. The van der Waals surface area contributed by atoms with E-state index in [1.165, 1.54) is 0 Å². The van der Waals surface area contributed by atoms with Gasteiger partial charge in [0.1, 0.15) is 6.10 Å². The van der Waals surface area contributed by atoms with Gasteiger partial charge in [-0.1, -0.05) is 6.92 Å². The largest absolute Gasteiger partial charge is 0.462 e. The first-order valence-electron chi connectivity index (χ1n) is 6.62. The van der Waals surface area contributed by atoms with Crippen LogP contribution < -0.4 is 0 Å². The minimum absolute atomic E-state index is 0.0686. The predicted molar refractivity (Wildman–Crippen MR) is 67.6 cm³/mol. The molecular formula is C14H26O3. The molecule has 1 aliphatic rings. The highest BCUT2D eigenvalue weighted by Gasteiger charge is 2.41. The van der Waals surface area contributed by atoms with Gasteiger partial charge in [0, 0.05) is 5.92 Å². The van der Waals surface area contributed by atoms with E-state index >= 15 is 0 Å². The fourth-order valence-corrected chi connectivity index (χ4v) is 2.32. The average molecular weight is 242 g/mol. The van der Waals surface area contributed by atoms with Crippen LogP contribution in [0.1, 0.15) is 60.3 Å². The summed E-state index contributed by atoms with van der Waals surface area (Å²) in [5, 5.41) is 10.1. The lowest BCUT2D eigenvalue weighted by Crippen LogP contribution is -2.40. The average Bonchev–Trinajstić information content (AvgIpc) is 2.65. The Hall–Kier alpha value is -0.570. The monoisotopic (exact) mass is 242 g/mol. The van der Waals surface area contributed by atoms with Crippen LogP contribution in [0.2, 0.25) is 0 Å². The van der Waals surface area contributed by atoms with Crippen molar-refractivity contribution in [2.45, 2.75) is 72.0 Å². The van der Waals surface area contributed by atoms with Gasteiger partial charge in [0.2, 0.25) is 0 Å². The lowest BCUT2D eigenvalue weighted by atomic mass is 9.87. The second kappa shape index (κ2) is 4.97. The maximum absolute atomic E-state index is 12.0. The summed E-state index contributed by atoms with van der Waals surface area (Å²) >= 11 is 0. The highest BCUT2D eigenvalue weighted by atomic mass is 16.5. The van der Waals surface area contributed by atoms with Gasteiger partial charge in [0.15, 0.2) is 0 Å². The Balaban J connectivity index is 2.66. The molecule has 0 heterocycles. The highest BCUT2D eigenvalue weighted by Crippen LogP contribution is 2.37. The van der Waals surface area contributed by atoms with E-state index in [2.05, 4.69) is 0 Å². The first kappa shape index (κ1) is 14.5. The Bertz CT molecular complexity index is 276. The van der Waals surface area contributed by atoms with Crippen LogP contribution in [0, 0.1) is 11.3 Å². The summed E-state index contributed by atoms with van der Waals surface area (Å²) in [6.07, 6.45) is 3.49. The lowest BCUT2D eigenvalue weighted by Gasteiger charge is -2.32. The SMILES string of the molecule is CCC(C)(C)C(=O)OC1CCCC1C(C)(C)O. The van der Waals surface area contributed by atoms with E-state index in [9.17, 15) is 9.90 Å². The number of carbonyl (C=O) groups excluding carboxylic acids is 1. The molecule has 1 rings (SSSR count). The smallest absolute Gasteiger partial charge is 0.311 e. The van der Waals surface area contributed by atoms with Crippen LogP contribution in [-0.2, 0) is 9.53 Å². The van der Waals surface area contributed by atoms with E-state index in [1.54, 1.807) is 13.8 Å². The summed E-state index contributed by atoms with van der Waals surface area (Å²) in [7, 11) is 0. The zero-order valence-electron chi connectivity index (χ0n) is 11.7. The lowest BCUT2D eigenvalue weighted by molar-refractivity contribution is -0.165. The van der Waals surface area contributed by atoms with Crippen LogP contribution in [0.4, 0.5) is 0 Å². The minimum atomic E-state index is -0.766. The maximum Gasteiger partial charge on any atom is 0.311 e. The summed E-state index contributed by atoms with van der Waals surface area (Å²) in [5.74, 6) is -0.0692. The van der Waals surface area contributed by atoms with E-state index in [0.29, 0.717) is 0 Å². The van der Waals surface area contributed by atoms with Gasteiger partial charge in [-0.05, 0) is 53.4 Å². The number of esters is 1. The Morgan fingerprint density at radius 2 is 1.88 bits per heavy atom. The molecule has 1 saturated carbocycles. The fraction of sp³-hybridized carbons (Fsp3) is 0.929. The second-order valence-corrected chi connectivity index (χ2v) is 6.37. The Morgan fingerprint density at radius 1 is 1.29 bits per heavy atom. The number of rotatable bonds is 4. The third-order valence-corrected chi connectivity index (χ3v) is 4.05. The summed E-state index contributed by atoms with van der Waals surface area (Å²) in [6.45, 7) is 9.40. The molecule has 2 unspecified atom stereocenters. The molecule has 0 aromatic heterocycles. The molecule has 0 aromatic carbocycles. The van der Waals surface area contributed by atoms with Crippen molar-refractivity contribution in [3.8, 4) is 0 Å². The van der Waals surface area contributed by atoms with Gasteiger partial charge in [0.25, 0.3) is 0 Å². The number of ether oxygens (including phenoxy) is 1. The van der Waals surface area contributed by atoms with Crippen LogP contribution in [0.5, 0.6) is 0 Å². The number of hydrogen-bond acceptors (Lipinski definition) is 3. The van der Waals surface area contributed by atoms with E-state index in [0.717, 1.165) is 25.7 Å². The van der Waals surface area contributed by atoms with Crippen LogP contribution in [-0.4, -0.2) is 22.8 Å². The molecule has 100 valence electrons. The zero-order chi connectivity index (χ0) is 13.3. The van der Waals surface area contributed by atoms with Gasteiger partial charge >= 0.3 is 5.97 Å². The molecule has 0 bridgehead atoms. The van der Waals surface area contributed by atoms with Crippen molar-refractivity contribution in [1.29, 1.82) is 0 Å². The molecule has 17 heavy (non-hydrogen) atoms. The summed E-state index contributed by atoms with van der Waals surface area (Å²) in [5.41, 5.74) is -1.19. The molecule has 0 aromatic rings. The number of hydrogen-bond donors (Lipinski definition) is 1. The first-order chi connectivity index (χ1) is 7.68. The van der Waals surface area contributed by atoms with Crippen LogP contribution in [0.15, 0.2) is 0 Å². The third kappa shape index (κ3) is 3.44. The van der Waals surface area contributed by atoms with Crippen molar-refractivity contribution in [1.82, 2.24) is 0 Å². The quantitative estimate of drug-likeness (QED) is 0.771. The van der Waals surface area contributed by atoms with E-state index in [1.807, 2.05) is 20.8 Å². The summed E-state index contributed by atoms with van der Waals surface area (Å²) < 4.78 is 5.61. The van der Waals surface area contributed by atoms with Gasteiger partial charge in [-0.3, -0.25) is 4.79 Å². The third-order valence-electron chi connectivity index (χ3n) is 4.05. The molecule has 1 aliphatic carbocycles. The zero-order valence-corrected chi connectivity index (χ0v) is 11.7. The van der Waals surface area contributed by atoms with Crippen LogP contribution in [0.3, 0.4) is 0 Å². The van der Waals surface area contributed by atoms with Crippen LogP contribution in [0.25, 0.3) is 0 Å². The molecule has 0 radical (unpaired) electrons. The maximum atomic E-state index is 12.0. The van der Waals surface area contributed by atoms with Gasteiger partial charge in [-0.2, -0.15) is 0 Å². The molecule has 0 aliphatic heterocycles. The highest BCUT2D eigenvalue weighted by molar-refractivity contribution is 5.76. The molecule has 2 atom stereocenters. The van der Waals surface area contributed by atoms with Crippen LogP contribution >= 0.6 is 0 Å². The standard InChI is InChI=1S/C14H26O3/c1-6-13(2,3)12(15)17-11-9-7-8-10(11)14(4,5)16/h10-11,16H,6-9H2,1-5H3. The van der Waals surface area contributed by atoms with Gasteiger partial charge in [-0.25, -0.2) is 0 Å². The molecule has 3 nitrogen and oxygen atoms in total. The Labute approximate surface area is 105 Å². The molecular weight excluding hydrogens is 216 g/mol. The Kier molecular flexibility index (Phi) is 4.23. The van der Waals surface area contributed by atoms with Crippen molar-refractivity contribution in [3.05, 3.63) is 0 Å². The minimum Gasteiger partial charge on any atom is -0.462 e. The van der Waals surface area contributed by atoms with Gasteiger partial charge in [-0.15, -0.1) is 0 Å². The molecule has 0 spiro atoms. The predicted octanol–water partition coefficient (Wildman–Crippen LogP) is 2.91. The molecule has 0 saturated heterocycles. The van der Waals surface area contributed by atoms with Crippen molar-refractivity contribution < 1.29 is 14.6 Å².